The number of carboxylic acids is 1. The summed E-state index contributed by atoms with van der Waals surface area (Å²) in [6.07, 6.45) is -1.03. The minimum atomic E-state index is -1.08. The van der Waals surface area contributed by atoms with Gasteiger partial charge in [0.2, 0.25) is 5.43 Å². The van der Waals surface area contributed by atoms with Gasteiger partial charge in [-0.05, 0) is 50.8 Å². The molecule has 2 heterocycles. The number of carbonyl (C=O) groups excluding carboxylic acids is 1. The number of aromatic nitrogens is 1. The minimum Gasteiger partial charge on any atom is -0.496 e. The Labute approximate surface area is 225 Å². The van der Waals surface area contributed by atoms with Crippen LogP contribution in [0.5, 0.6) is 11.5 Å². The first-order valence-electron chi connectivity index (χ1n) is 12.7. The predicted molar refractivity (Wildman–Crippen MR) is 149 cm³/mol. The van der Waals surface area contributed by atoms with Gasteiger partial charge in [0, 0.05) is 25.4 Å². The number of pyridine rings is 1. The molecule has 9 heteroatoms. The summed E-state index contributed by atoms with van der Waals surface area (Å²) in [7, 11) is 6.64. The minimum absolute atomic E-state index is 0.242. The van der Waals surface area contributed by atoms with Gasteiger partial charge in [-0.2, -0.15) is 0 Å². The van der Waals surface area contributed by atoms with Crippen LogP contribution < -0.4 is 14.9 Å². The fourth-order valence-electron chi connectivity index (χ4n) is 6.12. The number of fused-ring (bicyclic) bond motifs is 5. The highest BCUT2D eigenvalue weighted by Gasteiger charge is 2.53. The first-order valence-corrected chi connectivity index (χ1v) is 12.7. The van der Waals surface area contributed by atoms with E-state index in [2.05, 4.69) is 0 Å². The van der Waals surface area contributed by atoms with E-state index in [1.807, 2.05) is 48.0 Å². The van der Waals surface area contributed by atoms with Crippen molar-refractivity contribution >= 4 is 44.5 Å². The second-order valence-corrected chi connectivity index (χ2v) is 10.8. The number of benzene rings is 3. The lowest BCUT2D eigenvalue weighted by molar-refractivity contribution is -0.170. The van der Waals surface area contributed by atoms with Crippen LogP contribution >= 0.6 is 0 Å². The van der Waals surface area contributed by atoms with Crippen LogP contribution in [-0.4, -0.2) is 59.4 Å². The van der Waals surface area contributed by atoms with E-state index in [1.54, 1.807) is 38.9 Å². The summed E-state index contributed by atoms with van der Waals surface area (Å²) in [4.78, 5) is 40.7. The Hall–Kier alpha value is -4.11. The van der Waals surface area contributed by atoms with Crippen LogP contribution in [0.15, 0.2) is 47.3 Å². The van der Waals surface area contributed by atoms with E-state index in [0.29, 0.717) is 38.9 Å². The fraction of sp³-hybridized carbons (Fsp3) is 0.367. The molecule has 9 nitrogen and oxygen atoms in total. The van der Waals surface area contributed by atoms with Crippen molar-refractivity contribution in [3.05, 3.63) is 58.3 Å². The summed E-state index contributed by atoms with van der Waals surface area (Å²) in [5.74, 6) is -1.79. The van der Waals surface area contributed by atoms with Crippen molar-refractivity contribution in [3.63, 3.8) is 0 Å². The van der Waals surface area contributed by atoms with Crippen LogP contribution in [0.2, 0.25) is 0 Å². The van der Waals surface area contributed by atoms with E-state index in [-0.39, 0.29) is 5.43 Å². The number of ether oxygens (including phenoxy) is 3. The third-order valence-electron chi connectivity index (χ3n) is 7.75. The van der Waals surface area contributed by atoms with E-state index in [4.69, 9.17) is 14.2 Å². The molecule has 0 amide bonds. The van der Waals surface area contributed by atoms with Gasteiger partial charge < -0.3 is 23.9 Å². The van der Waals surface area contributed by atoms with Crippen molar-refractivity contribution in [1.82, 2.24) is 9.47 Å². The number of carbonyl (C=O) groups is 2. The molecule has 0 saturated carbocycles. The number of rotatable bonds is 5. The average molecular weight is 533 g/mol. The molecule has 3 atom stereocenters. The summed E-state index contributed by atoms with van der Waals surface area (Å²) in [6, 6.07) is 12.2. The van der Waals surface area contributed by atoms with Gasteiger partial charge in [-0.3, -0.25) is 19.3 Å². The number of nitrogens with zero attached hydrogens (tertiary/aromatic N) is 2. The molecule has 1 unspecified atom stereocenters. The smallest absolute Gasteiger partial charge is 0.321 e. The van der Waals surface area contributed by atoms with Gasteiger partial charge in [0.1, 0.15) is 29.2 Å². The molecule has 1 N–H and O–H groups in total. The van der Waals surface area contributed by atoms with Gasteiger partial charge in [0.05, 0.1) is 35.0 Å². The molecule has 39 heavy (non-hydrogen) atoms. The quantitative estimate of drug-likeness (QED) is 0.300. The largest absolute Gasteiger partial charge is 0.496 e. The van der Waals surface area contributed by atoms with Crippen molar-refractivity contribution in [2.45, 2.75) is 38.5 Å². The third-order valence-corrected chi connectivity index (χ3v) is 7.75. The topological polar surface area (TPSA) is 107 Å². The first kappa shape index (κ1) is 26.5. The maximum atomic E-state index is 14.1. The molecule has 0 bridgehead atoms. The lowest BCUT2D eigenvalue weighted by Crippen LogP contribution is -2.57. The molecule has 0 spiro atoms. The summed E-state index contributed by atoms with van der Waals surface area (Å²) in [5, 5.41) is 13.0. The lowest BCUT2D eigenvalue weighted by Gasteiger charge is -2.48. The maximum Gasteiger partial charge on any atom is 0.321 e. The second-order valence-electron chi connectivity index (χ2n) is 10.8. The van der Waals surface area contributed by atoms with Crippen LogP contribution in [-0.2, 0) is 21.4 Å². The molecule has 1 aliphatic heterocycles. The SMILES string of the molecule is COc1cc2c(c3c1c(=O)c1cc4ccccc4cc1n3C)[C@H](OC(C)=O)[C@H](C(C(=O)O)N(C)C)C(C)(C)O2. The molecule has 4 aromatic rings. The molecule has 0 saturated heterocycles. The molecule has 5 rings (SSSR count). The summed E-state index contributed by atoms with van der Waals surface area (Å²) < 4.78 is 20.0. The standard InChI is InChI=1S/C30H32N2O7/c1-15(33)38-28-23-21(39-30(2,3)24(28)26(29(35)36)31(4)5)14-20(37-7)22-25(23)32(6)19-13-17-11-9-8-10-16(17)12-18(19)27(22)34/h8-14,24,26,28H,1-7H3,(H,35,36)/t24-,26?,28-/m0/s1. The Kier molecular flexibility index (Phi) is 6.30. The van der Waals surface area contributed by atoms with Gasteiger partial charge in [0.25, 0.3) is 0 Å². The zero-order valence-corrected chi connectivity index (χ0v) is 23.1. The van der Waals surface area contributed by atoms with Crippen LogP contribution in [0.3, 0.4) is 0 Å². The lowest BCUT2D eigenvalue weighted by atomic mass is 9.74. The predicted octanol–water partition coefficient (Wildman–Crippen LogP) is 4.26. The van der Waals surface area contributed by atoms with E-state index < -0.39 is 35.6 Å². The monoisotopic (exact) mass is 532 g/mol. The molecule has 1 aliphatic rings. The second kappa shape index (κ2) is 9.27. The van der Waals surface area contributed by atoms with Crippen molar-refractivity contribution in [2.24, 2.45) is 13.0 Å². The zero-order chi connectivity index (χ0) is 28.4. The molecular weight excluding hydrogens is 500 g/mol. The highest BCUT2D eigenvalue weighted by molar-refractivity contribution is 6.04. The molecule has 0 aliphatic carbocycles. The number of aryl methyl sites for hydroxylation is 1. The Morgan fingerprint density at radius 1 is 1.13 bits per heavy atom. The van der Waals surface area contributed by atoms with Gasteiger partial charge >= 0.3 is 11.9 Å². The highest BCUT2D eigenvalue weighted by atomic mass is 16.6. The number of likely N-dealkylation sites (N-methyl/N-ethyl adjacent to an activating group) is 1. The summed E-state index contributed by atoms with van der Waals surface area (Å²) in [6.45, 7) is 4.84. The Morgan fingerprint density at radius 3 is 2.33 bits per heavy atom. The van der Waals surface area contributed by atoms with Crippen molar-refractivity contribution in [2.75, 3.05) is 21.2 Å². The normalized spacial score (nSPS) is 19.1. The van der Waals surface area contributed by atoms with Gasteiger partial charge in [-0.1, -0.05) is 24.3 Å². The number of aliphatic carboxylic acids is 1. The van der Waals surface area contributed by atoms with E-state index in [9.17, 15) is 19.5 Å². The Balaban J connectivity index is 1.97. The Morgan fingerprint density at radius 2 is 1.77 bits per heavy atom. The van der Waals surface area contributed by atoms with E-state index in [0.717, 1.165) is 10.8 Å². The zero-order valence-electron chi connectivity index (χ0n) is 23.1. The van der Waals surface area contributed by atoms with Crippen molar-refractivity contribution in [1.29, 1.82) is 0 Å². The number of hydrogen-bond acceptors (Lipinski definition) is 7. The van der Waals surface area contributed by atoms with Crippen LogP contribution in [0, 0.1) is 5.92 Å². The van der Waals surface area contributed by atoms with Crippen LogP contribution in [0.4, 0.5) is 0 Å². The number of esters is 1. The summed E-state index contributed by atoms with van der Waals surface area (Å²) >= 11 is 0. The summed E-state index contributed by atoms with van der Waals surface area (Å²) in [5.41, 5.74) is 0.270. The van der Waals surface area contributed by atoms with Gasteiger partial charge in [-0.15, -0.1) is 0 Å². The highest BCUT2D eigenvalue weighted by Crippen LogP contribution is 2.52. The number of hydrogen-bond donors (Lipinski definition) is 1. The molecular formula is C30H32N2O7. The third kappa shape index (κ3) is 4.08. The molecule has 204 valence electrons. The number of methoxy groups -OCH3 is 1. The van der Waals surface area contributed by atoms with Crippen LogP contribution in [0.25, 0.3) is 32.6 Å². The Bertz CT molecular complexity index is 1720. The number of carboxylic acid groups (broad SMARTS) is 1. The van der Waals surface area contributed by atoms with Crippen LogP contribution in [0.1, 0.15) is 32.4 Å². The van der Waals surface area contributed by atoms with Crippen molar-refractivity contribution in [3.8, 4) is 11.5 Å². The molecule has 0 fully saturated rings. The molecule has 3 aromatic carbocycles. The van der Waals surface area contributed by atoms with Gasteiger partial charge in [-0.25, -0.2) is 0 Å². The van der Waals surface area contributed by atoms with E-state index in [1.165, 1.54) is 14.0 Å². The van der Waals surface area contributed by atoms with E-state index >= 15 is 0 Å². The average Bonchev–Trinajstić information content (AvgIpc) is 2.86. The van der Waals surface area contributed by atoms with Gasteiger partial charge in [0.15, 0.2) is 0 Å². The fourth-order valence-corrected chi connectivity index (χ4v) is 6.12. The molecule has 0 radical (unpaired) electrons. The molecule has 1 aromatic heterocycles. The first-order chi connectivity index (χ1) is 18.4. The van der Waals surface area contributed by atoms with Crippen molar-refractivity contribution < 1.29 is 28.9 Å². The maximum absolute atomic E-state index is 14.1.